The number of nitrogen functional groups attached to an aromatic ring is 1. The third-order valence-electron chi connectivity index (χ3n) is 2.91. The highest BCUT2D eigenvalue weighted by Crippen LogP contribution is 2.25. The van der Waals surface area contributed by atoms with Gasteiger partial charge in [0.25, 0.3) is 0 Å². The highest BCUT2D eigenvalue weighted by Gasteiger charge is 2.15. The molecule has 0 aliphatic carbocycles. The van der Waals surface area contributed by atoms with E-state index in [1.54, 1.807) is 23.7 Å². The van der Waals surface area contributed by atoms with Crippen LogP contribution in [0.2, 0.25) is 0 Å². The van der Waals surface area contributed by atoms with Gasteiger partial charge in [0.1, 0.15) is 5.82 Å². The number of aromatic nitrogens is 4. The Morgan fingerprint density at radius 1 is 1.40 bits per heavy atom. The Morgan fingerprint density at radius 3 is 2.95 bits per heavy atom. The van der Waals surface area contributed by atoms with Crippen LogP contribution in [0.5, 0.6) is 0 Å². The van der Waals surface area contributed by atoms with E-state index >= 15 is 0 Å². The van der Waals surface area contributed by atoms with Crippen LogP contribution < -0.4 is 5.73 Å². The smallest absolute Gasteiger partial charge is 0.185 e. The number of aryl methyl sites for hydroxylation is 2. The number of rotatable bonds is 6. The van der Waals surface area contributed by atoms with Crippen LogP contribution in [0.15, 0.2) is 12.1 Å². The summed E-state index contributed by atoms with van der Waals surface area (Å²) in [5.74, 6) is 0.0365. The van der Waals surface area contributed by atoms with Crippen molar-refractivity contribution in [3.63, 3.8) is 0 Å². The summed E-state index contributed by atoms with van der Waals surface area (Å²) >= 11 is 0. The monoisotopic (exact) mass is 279 g/mol. The molecule has 6 nitrogen and oxygen atoms in total. The number of hydrogen-bond acceptors (Lipinski definition) is 5. The zero-order chi connectivity index (χ0) is 14.5. The molecule has 0 aliphatic heterocycles. The third kappa shape index (κ3) is 3.11. The zero-order valence-electron chi connectivity index (χ0n) is 11.6. The van der Waals surface area contributed by atoms with Crippen molar-refractivity contribution in [3.05, 3.63) is 23.5 Å². The molecular formula is C13H18FN5O. The second-order valence-corrected chi connectivity index (χ2v) is 4.48. The van der Waals surface area contributed by atoms with Gasteiger partial charge in [-0.25, -0.2) is 9.07 Å². The van der Waals surface area contributed by atoms with Crippen molar-refractivity contribution in [2.75, 3.05) is 18.9 Å². The molecule has 2 aromatic rings. The van der Waals surface area contributed by atoms with Gasteiger partial charge < -0.3 is 10.5 Å². The number of tetrazole rings is 1. The summed E-state index contributed by atoms with van der Waals surface area (Å²) in [5, 5.41) is 11.4. The fourth-order valence-corrected chi connectivity index (χ4v) is 1.97. The quantitative estimate of drug-likeness (QED) is 0.644. The molecule has 0 bridgehead atoms. The van der Waals surface area contributed by atoms with Crippen LogP contribution in [-0.4, -0.2) is 33.4 Å². The molecule has 0 atom stereocenters. The second kappa shape index (κ2) is 6.42. The Labute approximate surface area is 116 Å². The molecule has 1 aromatic heterocycles. The normalized spacial score (nSPS) is 10.9. The van der Waals surface area contributed by atoms with Gasteiger partial charge in [0, 0.05) is 25.4 Å². The second-order valence-electron chi connectivity index (χ2n) is 4.48. The molecule has 2 N–H and O–H groups in total. The van der Waals surface area contributed by atoms with Crippen molar-refractivity contribution >= 4 is 5.69 Å². The Bertz CT molecular complexity index is 584. The van der Waals surface area contributed by atoms with Crippen molar-refractivity contribution in [2.45, 2.75) is 26.8 Å². The van der Waals surface area contributed by atoms with Gasteiger partial charge in [-0.15, -0.1) is 5.10 Å². The van der Waals surface area contributed by atoms with E-state index in [0.717, 1.165) is 6.42 Å². The number of hydrogen-bond donors (Lipinski definition) is 1. The van der Waals surface area contributed by atoms with Gasteiger partial charge in [0.2, 0.25) is 0 Å². The Morgan fingerprint density at radius 2 is 2.20 bits per heavy atom. The molecule has 0 amide bonds. The van der Waals surface area contributed by atoms with Crippen molar-refractivity contribution in [1.29, 1.82) is 0 Å². The number of nitrogens with two attached hydrogens (primary N) is 1. The predicted molar refractivity (Wildman–Crippen MR) is 73.5 cm³/mol. The maximum atomic E-state index is 14.2. The first-order chi connectivity index (χ1) is 9.63. The number of halogens is 1. The number of anilines is 1. The van der Waals surface area contributed by atoms with E-state index < -0.39 is 0 Å². The number of nitrogens with zero attached hydrogens (tertiary/aromatic N) is 4. The molecular weight excluding hydrogens is 261 g/mol. The zero-order valence-corrected chi connectivity index (χ0v) is 11.6. The molecule has 1 aromatic carbocycles. The molecule has 0 radical (unpaired) electrons. The van der Waals surface area contributed by atoms with Gasteiger partial charge in [-0.1, -0.05) is 0 Å². The van der Waals surface area contributed by atoms with E-state index in [0.29, 0.717) is 42.4 Å². The Kier molecular flexibility index (Phi) is 4.62. The molecule has 2 rings (SSSR count). The molecule has 0 unspecified atom stereocenters. The molecule has 108 valence electrons. The topological polar surface area (TPSA) is 78.8 Å². The average Bonchev–Trinajstić information content (AvgIpc) is 2.87. The molecule has 7 heteroatoms. The van der Waals surface area contributed by atoms with Crippen LogP contribution in [0, 0.1) is 12.7 Å². The third-order valence-corrected chi connectivity index (χ3v) is 2.91. The summed E-state index contributed by atoms with van der Waals surface area (Å²) in [6.07, 6.45) is 0.759. The lowest BCUT2D eigenvalue weighted by Gasteiger charge is -2.08. The maximum Gasteiger partial charge on any atom is 0.185 e. The lowest BCUT2D eigenvalue weighted by atomic mass is 10.1. The minimum Gasteiger partial charge on any atom is -0.399 e. The molecule has 0 aliphatic rings. The Balaban J connectivity index is 2.23. The highest BCUT2D eigenvalue weighted by molar-refractivity contribution is 5.63. The van der Waals surface area contributed by atoms with Crippen molar-refractivity contribution in [2.24, 2.45) is 0 Å². The van der Waals surface area contributed by atoms with Gasteiger partial charge in [-0.05, 0) is 48.4 Å². The summed E-state index contributed by atoms with van der Waals surface area (Å²) in [6.45, 7) is 5.46. The number of ether oxygens (including phenoxy) is 1. The molecule has 0 spiro atoms. The minimum atomic E-state index is -0.347. The van der Waals surface area contributed by atoms with E-state index in [2.05, 4.69) is 15.5 Å². The SMILES string of the molecule is CCOCCCn1nnnc1-c1cc(N)cc(C)c1F. The molecule has 20 heavy (non-hydrogen) atoms. The van der Waals surface area contributed by atoms with E-state index in [9.17, 15) is 4.39 Å². The van der Waals surface area contributed by atoms with Gasteiger partial charge in [0.15, 0.2) is 5.82 Å². The summed E-state index contributed by atoms with van der Waals surface area (Å²) in [4.78, 5) is 0. The van der Waals surface area contributed by atoms with Crippen molar-refractivity contribution in [1.82, 2.24) is 20.2 Å². The van der Waals surface area contributed by atoms with Crippen LogP contribution in [0.1, 0.15) is 18.9 Å². The fraction of sp³-hybridized carbons (Fsp3) is 0.462. The lowest BCUT2D eigenvalue weighted by molar-refractivity contribution is 0.140. The van der Waals surface area contributed by atoms with E-state index in [-0.39, 0.29) is 5.82 Å². The molecule has 0 saturated heterocycles. The van der Waals surface area contributed by atoms with Gasteiger partial charge in [-0.3, -0.25) is 0 Å². The van der Waals surface area contributed by atoms with E-state index in [1.165, 1.54) is 0 Å². The summed E-state index contributed by atoms with van der Waals surface area (Å²) in [6, 6.07) is 3.13. The van der Waals surface area contributed by atoms with Gasteiger partial charge in [0.05, 0.1) is 5.56 Å². The fourth-order valence-electron chi connectivity index (χ4n) is 1.97. The van der Waals surface area contributed by atoms with Gasteiger partial charge >= 0.3 is 0 Å². The minimum absolute atomic E-state index is 0.323. The van der Waals surface area contributed by atoms with Crippen LogP contribution in [0.25, 0.3) is 11.4 Å². The average molecular weight is 279 g/mol. The maximum absolute atomic E-state index is 14.2. The number of benzene rings is 1. The van der Waals surface area contributed by atoms with Crippen molar-refractivity contribution < 1.29 is 9.13 Å². The Hall–Kier alpha value is -2.02. The molecule has 0 saturated carbocycles. The molecule has 0 fully saturated rings. The van der Waals surface area contributed by atoms with Crippen LogP contribution >= 0.6 is 0 Å². The van der Waals surface area contributed by atoms with Crippen LogP contribution in [0.4, 0.5) is 10.1 Å². The van der Waals surface area contributed by atoms with Crippen LogP contribution in [-0.2, 0) is 11.3 Å². The standard InChI is InChI=1S/C13H18FN5O/c1-3-20-6-4-5-19-13(16-17-18-19)11-8-10(15)7-9(2)12(11)14/h7-8H,3-6,15H2,1-2H3. The lowest BCUT2D eigenvalue weighted by Crippen LogP contribution is -2.07. The first kappa shape index (κ1) is 14.4. The van der Waals surface area contributed by atoms with Crippen molar-refractivity contribution in [3.8, 4) is 11.4 Å². The van der Waals surface area contributed by atoms with E-state index in [1.807, 2.05) is 6.92 Å². The molecule has 1 heterocycles. The summed E-state index contributed by atoms with van der Waals surface area (Å²) in [7, 11) is 0. The largest absolute Gasteiger partial charge is 0.399 e. The summed E-state index contributed by atoms with van der Waals surface area (Å²) < 4.78 is 21.0. The summed E-state index contributed by atoms with van der Waals surface area (Å²) in [5.41, 5.74) is 7.05. The van der Waals surface area contributed by atoms with E-state index in [4.69, 9.17) is 10.5 Å². The van der Waals surface area contributed by atoms with Crippen LogP contribution in [0.3, 0.4) is 0 Å². The predicted octanol–water partition coefficient (Wildman–Crippen LogP) is 1.80. The van der Waals surface area contributed by atoms with Gasteiger partial charge in [-0.2, -0.15) is 0 Å². The first-order valence-electron chi connectivity index (χ1n) is 6.53. The first-order valence-corrected chi connectivity index (χ1v) is 6.53. The highest BCUT2D eigenvalue weighted by atomic mass is 19.1.